The largest absolute Gasteiger partial charge is 0.480 e. The number of rotatable bonds is 6. The topological polar surface area (TPSA) is 66.4 Å². The fourth-order valence-corrected chi connectivity index (χ4v) is 2.67. The Morgan fingerprint density at radius 3 is 2.40 bits per heavy atom. The van der Waals surface area contributed by atoms with Crippen LogP contribution in [0.15, 0.2) is 30.3 Å². The fourth-order valence-electron chi connectivity index (χ4n) is 2.67. The molecule has 1 amide bonds. The van der Waals surface area contributed by atoms with Gasteiger partial charge in [-0.3, -0.25) is 9.59 Å². The van der Waals surface area contributed by atoms with Crippen molar-refractivity contribution in [2.75, 3.05) is 0 Å². The zero-order valence-corrected chi connectivity index (χ0v) is 11.3. The molecule has 4 heteroatoms. The van der Waals surface area contributed by atoms with Gasteiger partial charge in [0, 0.05) is 6.04 Å². The molecule has 20 heavy (non-hydrogen) atoms. The molecule has 0 spiro atoms. The molecule has 1 aromatic carbocycles. The summed E-state index contributed by atoms with van der Waals surface area (Å²) in [6.07, 6.45) is 3.97. The van der Waals surface area contributed by atoms with Crippen molar-refractivity contribution < 1.29 is 14.7 Å². The van der Waals surface area contributed by atoms with Gasteiger partial charge in [-0.1, -0.05) is 30.3 Å². The maximum absolute atomic E-state index is 12.2. The molecule has 4 nitrogen and oxygen atoms in total. The van der Waals surface area contributed by atoms with Crippen molar-refractivity contribution in [3.63, 3.8) is 0 Å². The molecule has 2 saturated carbocycles. The smallest absolute Gasteiger partial charge is 0.319 e. The van der Waals surface area contributed by atoms with Gasteiger partial charge in [0.2, 0.25) is 5.91 Å². The predicted octanol–water partition coefficient (Wildman–Crippen LogP) is 1.99. The fraction of sp³-hybridized carbons (Fsp3) is 0.500. The first kappa shape index (κ1) is 13.2. The summed E-state index contributed by atoms with van der Waals surface area (Å²) in [5, 5.41) is 12.2. The number of carboxylic acid groups (broad SMARTS) is 1. The molecule has 3 rings (SSSR count). The van der Waals surface area contributed by atoms with Crippen LogP contribution in [-0.4, -0.2) is 23.0 Å². The zero-order valence-electron chi connectivity index (χ0n) is 11.3. The number of carbonyl (C=O) groups is 2. The molecule has 0 radical (unpaired) electrons. The van der Waals surface area contributed by atoms with Crippen LogP contribution in [0.5, 0.6) is 0 Å². The number of hydrogen-bond acceptors (Lipinski definition) is 2. The zero-order chi connectivity index (χ0) is 14.2. The van der Waals surface area contributed by atoms with E-state index in [9.17, 15) is 14.7 Å². The molecule has 1 unspecified atom stereocenters. The van der Waals surface area contributed by atoms with E-state index in [1.807, 2.05) is 30.3 Å². The van der Waals surface area contributed by atoms with E-state index >= 15 is 0 Å². The Kier molecular flexibility index (Phi) is 3.24. The molecule has 0 saturated heterocycles. The van der Waals surface area contributed by atoms with Gasteiger partial charge >= 0.3 is 5.97 Å². The third kappa shape index (κ3) is 2.55. The maximum atomic E-state index is 12.2. The number of amides is 1. The highest BCUT2D eigenvalue weighted by Gasteiger charge is 2.57. The molecule has 2 fully saturated rings. The van der Waals surface area contributed by atoms with E-state index in [0.717, 1.165) is 19.3 Å². The first-order valence-electron chi connectivity index (χ1n) is 7.20. The van der Waals surface area contributed by atoms with Crippen LogP contribution in [0.3, 0.4) is 0 Å². The van der Waals surface area contributed by atoms with Gasteiger partial charge in [-0.25, -0.2) is 0 Å². The van der Waals surface area contributed by atoms with Gasteiger partial charge < -0.3 is 10.4 Å². The summed E-state index contributed by atoms with van der Waals surface area (Å²) in [6, 6.07) is 10.1. The van der Waals surface area contributed by atoms with Crippen LogP contribution in [0.2, 0.25) is 0 Å². The SMILES string of the molecule is O=C(O)C1(C(=O)NC(Cc2ccccc2)C2CC2)CC1. The molecule has 2 N–H and O–H groups in total. The number of carboxylic acids is 1. The molecule has 106 valence electrons. The lowest BCUT2D eigenvalue weighted by molar-refractivity contribution is -0.149. The number of benzene rings is 1. The summed E-state index contributed by atoms with van der Waals surface area (Å²) >= 11 is 0. The number of nitrogens with one attached hydrogen (secondary N) is 1. The van der Waals surface area contributed by atoms with Crippen molar-refractivity contribution in [2.45, 2.75) is 38.1 Å². The molecule has 0 aliphatic heterocycles. The Morgan fingerprint density at radius 2 is 1.90 bits per heavy atom. The van der Waals surface area contributed by atoms with E-state index in [4.69, 9.17) is 0 Å². The lowest BCUT2D eigenvalue weighted by Gasteiger charge is -2.21. The first-order valence-corrected chi connectivity index (χ1v) is 7.20. The maximum Gasteiger partial charge on any atom is 0.319 e. The predicted molar refractivity (Wildman–Crippen MR) is 74.1 cm³/mol. The van der Waals surface area contributed by atoms with E-state index in [0.29, 0.717) is 18.8 Å². The lowest BCUT2D eigenvalue weighted by Crippen LogP contribution is -2.44. The Morgan fingerprint density at radius 1 is 1.25 bits per heavy atom. The Bertz CT molecular complexity index is 518. The normalized spacial score (nSPS) is 21.0. The Labute approximate surface area is 118 Å². The van der Waals surface area contributed by atoms with Gasteiger partial charge in [-0.2, -0.15) is 0 Å². The van der Waals surface area contributed by atoms with E-state index in [-0.39, 0.29) is 11.9 Å². The summed E-state index contributed by atoms with van der Waals surface area (Å²) in [7, 11) is 0. The molecule has 1 aromatic rings. The molecule has 2 aliphatic carbocycles. The highest BCUT2D eigenvalue weighted by molar-refractivity contribution is 6.04. The van der Waals surface area contributed by atoms with Crippen LogP contribution in [0.4, 0.5) is 0 Å². The van der Waals surface area contributed by atoms with Crippen molar-refractivity contribution in [2.24, 2.45) is 11.3 Å². The van der Waals surface area contributed by atoms with Crippen LogP contribution in [0.25, 0.3) is 0 Å². The molecule has 1 atom stereocenters. The van der Waals surface area contributed by atoms with Crippen LogP contribution < -0.4 is 5.32 Å². The van der Waals surface area contributed by atoms with E-state index < -0.39 is 11.4 Å². The lowest BCUT2D eigenvalue weighted by atomic mass is 10.00. The molecule has 0 heterocycles. The molecule has 0 aromatic heterocycles. The number of aliphatic carboxylic acids is 1. The number of carbonyl (C=O) groups excluding carboxylic acids is 1. The van der Waals surface area contributed by atoms with Gasteiger partial charge in [0.05, 0.1) is 0 Å². The highest BCUT2D eigenvalue weighted by atomic mass is 16.4. The number of hydrogen-bond donors (Lipinski definition) is 2. The summed E-state index contributed by atoms with van der Waals surface area (Å²) in [5.74, 6) is -0.772. The second-order valence-electron chi connectivity index (χ2n) is 5.99. The standard InChI is InChI=1S/C16H19NO3/c18-14(16(8-9-16)15(19)20)17-13(12-6-7-12)10-11-4-2-1-3-5-11/h1-5,12-13H,6-10H2,(H,17,18)(H,19,20). The summed E-state index contributed by atoms with van der Waals surface area (Å²) in [5.41, 5.74) is 0.0500. The first-order chi connectivity index (χ1) is 9.62. The third-order valence-corrected chi connectivity index (χ3v) is 4.40. The van der Waals surface area contributed by atoms with Crippen LogP contribution in [0.1, 0.15) is 31.2 Å². The third-order valence-electron chi connectivity index (χ3n) is 4.40. The van der Waals surface area contributed by atoms with Crippen molar-refractivity contribution in [1.29, 1.82) is 0 Å². The van der Waals surface area contributed by atoms with Gasteiger partial charge in [0.1, 0.15) is 5.41 Å². The summed E-state index contributed by atoms with van der Waals surface area (Å²) in [6.45, 7) is 0. The Balaban J connectivity index is 1.66. The van der Waals surface area contributed by atoms with Crippen molar-refractivity contribution in [1.82, 2.24) is 5.32 Å². The minimum atomic E-state index is -1.14. The van der Waals surface area contributed by atoms with Crippen molar-refractivity contribution >= 4 is 11.9 Å². The van der Waals surface area contributed by atoms with Crippen molar-refractivity contribution in [3.8, 4) is 0 Å². The quantitative estimate of drug-likeness (QED) is 0.779. The summed E-state index contributed by atoms with van der Waals surface area (Å²) < 4.78 is 0. The molecule has 0 bridgehead atoms. The van der Waals surface area contributed by atoms with Crippen LogP contribution in [-0.2, 0) is 16.0 Å². The summed E-state index contributed by atoms with van der Waals surface area (Å²) in [4.78, 5) is 23.4. The van der Waals surface area contributed by atoms with E-state index in [1.165, 1.54) is 5.56 Å². The van der Waals surface area contributed by atoms with Gasteiger partial charge in [-0.15, -0.1) is 0 Å². The van der Waals surface area contributed by atoms with E-state index in [2.05, 4.69) is 5.32 Å². The second kappa shape index (κ2) is 4.93. The average Bonchev–Trinajstić information content (AvgIpc) is 3.30. The van der Waals surface area contributed by atoms with Gasteiger partial charge in [0.15, 0.2) is 0 Å². The Hall–Kier alpha value is -1.84. The monoisotopic (exact) mass is 273 g/mol. The van der Waals surface area contributed by atoms with Crippen LogP contribution in [0, 0.1) is 11.3 Å². The van der Waals surface area contributed by atoms with Gasteiger partial charge in [-0.05, 0) is 43.6 Å². The second-order valence-corrected chi connectivity index (χ2v) is 5.99. The minimum Gasteiger partial charge on any atom is -0.480 e. The minimum absolute atomic E-state index is 0.0710. The molecular formula is C16H19NO3. The van der Waals surface area contributed by atoms with Crippen molar-refractivity contribution in [3.05, 3.63) is 35.9 Å². The molecular weight excluding hydrogens is 254 g/mol. The molecule has 2 aliphatic rings. The average molecular weight is 273 g/mol. The van der Waals surface area contributed by atoms with Crippen LogP contribution >= 0.6 is 0 Å². The van der Waals surface area contributed by atoms with E-state index in [1.54, 1.807) is 0 Å². The van der Waals surface area contributed by atoms with Gasteiger partial charge in [0.25, 0.3) is 0 Å². The highest BCUT2D eigenvalue weighted by Crippen LogP contribution is 2.46.